The Bertz CT molecular complexity index is 619. The fourth-order valence-corrected chi connectivity index (χ4v) is 2.63. The molecule has 8 N–H and O–H groups in total. The van der Waals surface area contributed by atoms with Crippen LogP contribution in [0.4, 0.5) is 0 Å². The number of nitrogens with one attached hydrogen (secondary N) is 4. The van der Waals surface area contributed by atoms with Gasteiger partial charge >= 0.3 is 5.97 Å². The first-order chi connectivity index (χ1) is 13.0. The summed E-state index contributed by atoms with van der Waals surface area (Å²) in [6, 6.07) is -4.49. The molecular formula is C16H27N5O7. The molecule has 5 atom stereocenters. The topological polar surface area (TPSA) is 200 Å². The molecule has 12 heteroatoms. The van der Waals surface area contributed by atoms with Crippen molar-refractivity contribution in [2.24, 2.45) is 5.73 Å². The molecule has 0 saturated carbocycles. The molecule has 1 rings (SSSR count). The number of carbonyl (C=O) groups excluding carboxylic acids is 4. The zero-order valence-corrected chi connectivity index (χ0v) is 15.7. The normalized spacial score (nSPS) is 20.3. The van der Waals surface area contributed by atoms with Gasteiger partial charge in [0.1, 0.15) is 18.1 Å². The zero-order chi connectivity index (χ0) is 21.4. The molecule has 1 fully saturated rings. The average molecular weight is 401 g/mol. The minimum Gasteiger partial charge on any atom is -0.480 e. The van der Waals surface area contributed by atoms with Gasteiger partial charge in [0.05, 0.1) is 18.6 Å². The van der Waals surface area contributed by atoms with Crippen LogP contribution in [-0.2, 0) is 24.0 Å². The number of aliphatic hydroxyl groups excluding tert-OH is 1. The summed E-state index contributed by atoms with van der Waals surface area (Å²) in [5.41, 5.74) is 4.94. The summed E-state index contributed by atoms with van der Waals surface area (Å²) in [7, 11) is 0. The number of aliphatic hydroxyl groups is 1. The fourth-order valence-electron chi connectivity index (χ4n) is 2.63. The Labute approximate surface area is 161 Å². The van der Waals surface area contributed by atoms with E-state index in [1.807, 2.05) is 0 Å². The number of hydrogen-bond donors (Lipinski definition) is 7. The van der Waals surface area contributed by atoms with E-state index < -0.39 is 66.3 Å². The quantitative estimate of drug-likeness (QED) is 0.196. The maximum atomic E-state index is 12.4. The van der Waals surface area contributed by atoms with Crippen LogP contribution in [0.2, 0.25) is 0 Å². The number of amides is 4. The molecule has 12 nitrogen and oxygen atoms in total. The molecule has 0 aromatic carbocycles. The van der Waals surface area contributed by atoms with E-state index in [0.717, 1.165) is 6.42 Å². The van der Waals surface area contributed by atoms with Gasteiger partial charge in [0, 0.05) is 0 Å². The van der Waals surface area contributed by atoms with Crippen LogP contribution in [-0.4, -0.2) is 76.6 Å². The number of carboxylic acid groups (broad SMARTS) is 1. The molecule has 1 aliphatic heterocycles. The summed E-state index contributed by atoms with van der Waals surface area (Å²) in [5.74, 6) is -4.49. The fraction of sp³-hybridized carbons (Fsp3) is 0.688. The monoisotopic (exact) mass is 401 g/mol. The number of primary amides is 1. The summed E-state index contributed by atoms with van der Waals surface area (Å²) >= 11 is 0. The van der Waals surface area contributed by atoms with E-state index in [1.165, 1.54) is 13.8 Å². The van der Waals surface area contributed by atoms with Gasteiger partial charge in [-0.2, -0.15) is 0 Å². The van der Waals surface area contributed by atoms with E-state index in [-0.39, 0.29) is 0 Å². The summed E-state index contributed by atoms with van der Waals surface area (Å²) in [6.45, 7) is 3.28. The van der Waals surface area contributed by atoms with E-state index >= 15 is 0 Å². The highest BCUT2D eigenvalue weighted by Crippen LogP contribution is 2.06. The summed E-state index contributed by atoms with van der Waals surface area (Å²) in [4.78, 5) is 58.6. The Kier molecular flexibility index (Phi) is 8.79. The second kappa shape index (κ2) is 10.6. The third-order valence-electron chi connectivity index (χ3n) is 4.21. The number of carboxylic acids is 1. The highest BCUT2D eigenvalue weighted by atomic mass is 16.4. The maximum Gasteiger partial charge on any atom is 0.326 e. The molecule has 1 heterocycles. The summed E-state index contributed by atoms with van der Waals surface area (Å²) < 4.78 is 0. The zero-order valence-electron chi connectivity index (χ0n) is 15.7. The smallest absolute Gasteiger partial charge is 0.326 e. The van der Waals surface area contributed by atoms with Gasteiger partial charge in [0.15, 0.2) is 0 Å². The minimum absolute atomic E-state index is 0.442. The molecule has 0 aliphatic carbocycles. The van der Waals surface area contributed by atoms with Crippen LogP contribution in [0.15, 0.2) is 0 Å². The Morgan fingerprint density at radius 3 is 2.21 bits per heavy atom. The number of rotatable bonds is 10. The van der Waals surface area contributed by atoms with E-state index in [4.69, 9.17) is 10.8 Å². The van der Waals surface area contributed by atoms with Gasteiger partial charge in [0.25, 0.3) is 0 Å². The van der Waals surface area contributed by atoms with Gasteiger partial charge < -0.3 is 37.2 Å². The first-order valence-corrected chi connectivity index (χ1v) is 8.86. The molecule has 0 bridgehead atoms. The van der Waals surface area contributed by atoms with Crippen LogP contribution in [0.1, 0.15) is 33.1 Å². The number of aliphatic carboxylic acids is 1. The second-order valence-electron chi connectivity index (χ2n) is 6.68. The number of hydrogen-bond acceptors (Lipinski definition) is 7. The van der Waals surface area contributed by atoms with Crippen LogP contribution in [0, 0.1) is 0 Å². The lowest BCUT2D eigenvalue weighted by atomic mass is 10.1. The molecule has 1 saturated heterocycles. The van der Waals surface area contributed by atoms with Crippen LogP contribution in [0.3, 0.4) is 0 Å². The van der Waals surface area contributed by atoms with Crippen molar-refractivity contribution in [3.8, 4) is 0 Å². The van der Waals surface area contributed by atoms with E-state index in [2.05, 4.69) is 21.3 Å². The first-order valence-electron chi connectivity index (χ1n) is 8.86. The molecule has 0 aromatic rings. The lowest BCUT2D eigenvalue weighted by molar-refractivity contribution is -0.143. The Hall–Kier alpha value is -2.73. The van der Waals surface area contributed by atoms with Gasteiger partial charge in [-0.15, -0.1) is 0 Å². The Balaban J connectivity index is 2.67. The van der Waals surface area contributed by atoms with Crippen molar-refractivity contribution in [2.45, 2.75) is 63.4 Å². The van der Waals surface area contributed by atoms with E-state index in [0.29, 0.717) is 13.0 Å². The maximum absolute atomic E-state index is 12.4. The van der Waals surface area contributed by atoms with E-state index in [9.17, 15) is 29.1 Å². The van der Waals surface area contributed by atoms with Crippen molar-refractivity contribution in [1.29, 1.82) is 0 Å². The largest absolute Gasteiger partial charge is 0.480 e. The molecular weight excluding hydrogens is 374 g/mol. The highest BCUT2D eigenvalue weighted by molar-refractivity contribution is 5.95. The molecule has 0 aromatic heterocycles. The third-order valence-corrected chi connectivity index (χ3v) is 4.21. The summed E-state index contributed by atoms with van der Waals surface area (Å²) in [6.07, 6.45) is -0.420. The van der Waals surface area contributed by atoms with Crippen LogP contribution >= 0.6 is 0 Å². The van der Waals surface area contributed by atoms with Gasteiger partial charge in [-0.05, 0) is 33.2 Å². The molecule has 5 unspecified atom stereocenters. The SMILES string of the molecule is CC(NC(=O)C(NC(=O)C1CCCN1)C(C)O)C(=O)NC(CC(N)=O)C(=O)O. The Morgan fingerprint density at radius 2 is 1.75 bits per heavy atom. The van der Waals surface area contributed by atoms with Gasteiger partial charge in [-0.3, -0.25) is 19.2 Å². The Morgan fingerprint density at radius 1 is 1.11 bits per heavy atom. The molecule has 1 aliphatic rings. The van der Waals surface area contributed by atoms with Crippen molar-refractivity contribution in [1.82, 2.24) is 21.3 Å². The third kappa shape index (κ3) is 7.12. The van der Waals surface area contributed by atoms with Crippen LogP contribution < -0.4 is 27.0 Å². The van der Waals surface area contributed by atoms with Crippen molar-refractivity contribution >= 4 is 29.6 Å². The number of nitrogens with two attached hydrogens (primary N) is 1. The molecule has 4 amide bonds. The second-order valence-corrected chi connectivity index (χ2v) is 6.68. The lowest BCUT2D eigenvalue weighted by Crippen LogP contribution is -2.59. The summed E-state index contributed by atoms with van der Waals surface area (Å²) in [5, 5.41) is 28.6. The predicted octanol–water partition coefficient (Wildman–Crippen LogP) is -3.45. The van der Waals surface area contributed by atoms with Crippen LogP contribution in [0.5, 0.6) is 0 Å². The minimum atomic E-state index is -1.54. The van der Waals surface area contributed by atoms with E-state index in [1.54, 1.807) is 0 Å². The van der Waals surface area contributed by atoms with Crippen molar-refractivity contribution in [3.63, 3.8) is 0 Å². The van der Waals surface area contributed by atoms with Gasteiger partial charge in [-0.25, -0.2) is 4.79 Å². The van der Waals surface area contributed by atoms with Crippen molar-refractivity contribution in [3.05, 3.63) is 0 Å². The predicted molar refractivity (Wildman–Crippen MR) is 95.6 cm³/mol. The molecule has 0 spiro atoms. The van der Waals surface area contributed by atoms with Crippen molar-refractivity contribution in [2.75, 3.05) is 6.54 Å². The molecule has 0 radical (unpaired) electrons. The average Bonchev–Trinajstić information content (AvgIpc) is 3.12. The first kappa shape index (κ1) is 23.3. The standard InChI is InChI=1S/C16H27N5O7/c1-7(13(24)20-10(16(27)28)6-11(17)23)19-15(26)12(8(2)22)21-14(25)9-4-3-5-18-9/h7-10,12,18,22H,3-6H2,1-2H3,(H2,17,23)(H,19,26)(H,20,24)(H,21,25)(H,27,28). The molecule has 28 heavy (non-hydrogen) atoms. The highest BCUT2D eigenvalue weighted by Gasteiger charge is 2.32. The lowest BCUT2D eigenvalue weighted by Gasteiger charge is -2.25. The molecule has 158 valence electrons. The van der Waals surface area contributed by atoms with Gasteiger partial charge in [-0.1, -0.05) is 0 Å². The number of carbonyl (C=O) groups is 5. The van der Waals surface area contributed by atoms with Gasteiger partial charge in [0.2, 0.25) is 23.6 Å². The van der Waals surface area contributed by atoms with Crippen LogP contribution in [0.25, 0.3) is 0 Å². The van der Waals surface area contributed by atoms with Crippen molar-refractivity contribution < 1.29 is 34.2 Å².